The first-order chi connectivity index (χ1) is 7.08. The maximum Gasteiger partial charge on any atom is 0.224 e. The zero-order valence-electron chi connectivity index (χ0n) is 9.03. The molecule has 0 aromatic carbocycles. The maximum atomic E-state index is 11.4. The van der Waals surface area contributed by atoms with Gasteiger partial charge in [0.2, 0.25) is 5.91 Å². The van der Waals surface area contributed by atoms with E-state index < -0.39 is 6.10 Å². The number of carbonyl (C=O) groups excluding carboxylic acids is 1. The van der Waals surface area contributed by atoms with Gasteiger partial charge in [0.15, 0.2) is 0 Å². The number of carbonyl (C=O) groups is 1. The molecule has 1 atom stereocenters. The van der Waals surface area contributed by atoms with E-state index in [1.54, 1.807) is 13.1 Å². The SMILES string of the molecule is Cc1ccc(NC(=O)CCC(C)O)cn1. The summed E-state index contributed by atoms with van der Waals surface area (Å²) in [5, 5.41) is 11.7. The van der Waals surface area contributed by atoms with Crippen molar-refractivity contribution in [2.75, 3.05) is 5.32 Å². The van der Waals surface area contributed by atoms with Gasteiger partial charge < -0.3 is 10.4 Å². The summed E-state index contributed by atoms with van der Waals surface area (Å²) in [5.74, 6) is -0.0958. The van der Waals surface area contributed by atoms with Crippen LogP contribution in [0.1, 0.15) is 25.5 Å². The van der Waals surface area contributed by atoms with Crippen molar-refractivity contribution in [2.45, 2.75) is 32.8 Å². The third kappa shape index (κ3) is 4.56. The van der Waals surface area contributed by atoms with Gasteiger partial charge in [0.05, 0.1) is 18.0 Å². The molecule has 1 amide bonds. The van der Waals surface area contributed by atoms with E-state index in [2.05, 4.69) is 10.3 Å². The maximum absolute atomic E-state index is 11.4. The van der Waals surface area contributed by atoms with Crippen LogP contribution in [0.5, 0.6) is 0 Å². The minimum atomic E-state index is -0.438. The highest BCUT2D eigenvalue weighted by Gasteiger charge is 2.04. The Hall–Kier alpha value is -1.42. The van der Waals surface area contributed by atoms with E-state index in [4.69, 9.17) is 5.11 Å². The normalized spacial score (nSPS) is 12.2. The number of aryl methyl sites for hydroxylation is 1. The van der Waals surface area contributed by atoms with Crippen molar-refractivity contribution in [3.05, 3.63) is 24.0 Å². The van der Waals surface area contributed by atoms with E-state index in [0.717, 1.165) is 5.69 Å². The second kappa shape index (κ2) is 5.46. The summed E-state index contributed by atoms with van der Waals surface area (Å²) in [7, 11) is 0. The summed E-state index contributed by atoms with van der Waals surface area (Å²) >= 11 is 0. The van der Waals surface area contributed by atoms with Crippen LogP contribution in [0.15, 0.2) is 18.3 Å². The number of amides is 1. The van der Waals surface area contributed by atoms with E-state index in [9.17, 15) is 4.79 Å². The number of aliphatic hydroxyl groups is 1. The largest absolute Gasteiger partial charge is 0.393 e. The Morgan fingerprint density at radius 1 is 1.60 bits per heavy atom. The molecule has 15 heavy (non-hydrogen) atoms. The quantitative estimate of drug-likeness (QED) is 0.788. The van der Waals surface area contributed by atoms with Gasteiger partial charge in [-0.25, -0.2) is 0 Å². The number of hydrogen-bond acceptors (Lipinski definition) is 3. The Balaban J connectivity index is 2.41. The van der Waals surface area contributed by atoms with Crippen LogP contribution in [0.4, 0.5) is 5.69 Å². The van der Waals surface area contributed by atoms with Crippen molar-refractivity contribution in [3.63, 3.8) is 0 Å². The van der Waals surface area contributed by atoms with Crippen LogP contribution < -0.4 is 5.32 Å². The molecular formula is C11H16N2O2. The minimum absolute atomic E-state index is 0.0958. The van der Waals surface area contributed by atoms with Gasteiger partial charge in [-0.05, 0) is 32.4 Å². The van der Waals surface area contributed by atoms with Crippen molar-refractivity contribution in [2.24, 2.45) is 0 Å². The summed E-state index contributed by atoms with van der Waals surface area (Å²) < 4.78 is 0. The van der Waals surface area contributed by atoms with Crippen LogP contribution in [0.25, 0.3) is 0 Å². The first kappa shape index (κ1) is 11.7. The molecule has 0 fully saturated rings. The number of hydrogen-bond donors (Lipinski definition) is 2. The molecule has 0 bridgehead atoms. The average Bonchev–Trinajstić information content (AvgIpc) is 2.19. The van der Waals surface area contributed by atoms with Gasteiger partial charge in [0.25, 0.3) is 0 Å². The van der Waals surface area contributed by atoms with Gasteiger partial charge in [0, 0.05) is 12.1 Å². The second-order valence-electron chi connectivity index (χ2n) is 3.62. The average molecular weight is 208 g/mol. The number of anilines is 1. The number of nitrogens with zero attached hydrogens (tertiary/aromatic N) is 1. The van der Waals surface area contributed by atoms with Crippen LogP contribution in [0, 0.1) is 6.92 Å². The smallest absolute Gasteiger partial charge is 0.224 e. The molecule has 4 nitrogen and oxygen atoms in total. The van der Waals surface area contributed by atoms with Crippen LogP contribution in [-0.4, -0.2) is 22.1 Å². The zero-order chi connectivity index (χ0) is 11.3. The molecule has 0 saturated carbocycles. The number of rotatable bonds is 4. The molecule has 0 aliphatic heterocycles. The summed E-state index contributed by atoms with van der Waals surface area (Å²) in [6.45, 7) is 3.56. The minimum Gasteiger partial charge on any atom is -0.393 e. The predicted molar refractivity (Wildman–Crippen MR) is 58.5 cm³/mol. The van der Waals surface area contributed by atoms with Crippen molar-refractivity contribution in [1.82, 2.24) is 4.98 Å². The number of pyridine rings is 1. The molecule has 0 radical (unpaired) electrons. The van der Waals surface area contributed by atoms with E-state index in [1.165, 1.54) is 0 Å². The lowest BCUT2D eigenvalue weighted by atomic mass is 10.2. The van der Waals surface area contributed by atoms with E-state index in [-0.39, 0.29) is 5.91 Å². The summed E-state index contributed by atoms with van der Waals surface area (Å²) in [4.78, 5) is 15.4. The number of nitrogens with one attached hydrogen (secondary N) is 1. The van der Waals surface area contributed by atoms with Crippen molar-refractivity contribution >= 4 is 11.6 Å². The molecule has 0 saturated heterocycles. The lowest BCUT2D eigenvalue weighted by Gasteiger charge is -2.06. The Morgan fingerprint density at radius 2 is 2.33 bits per heavy atom. The molecule has 1 aromatic heterocycles. The lowest BCUT2D eigenvalue weighted by molar-refractivity contribution is -0.116. The summed E-state index contributed by atoms with van der Waals surface area (Å²) in [5.41, 5.74) is 1.60. The first-order valence-electron chi connectivity index (χ1n) is 4.98. The van der Waals surface area contributed by atoms with Gasteiger partial charge in [-0.15, -0.1) is 0 Å². The van der Waals surface area contributed by atoms with Gasteiger partial charge in [-0.3, -0.25) is 9.78 Å². The van der Waals surface area contributed by atoms with Gasteiger partial charge in [0.1, 0.15) is 0 Å². The fraction of sp³-hybridized carbons (Fsp3) is 0.455. The van der Waals surface area contributed by atoms with Crippen molar-refractivity contribution in [3.8, 4) is 0 Å². The predicted octanol–water partition coefficient (Wildman–Crippen LogP) is 1.49. The zero-order valence-corrected chi connectivity index (χ0v) is 9.03. The van der Waals surface area contributed by atoms with Crippen molar-refractivity contribution < 1.29 is 9.90 Å². The highest BCUT2D eigenvalue weighted by molar-refractivity contribution is 5.90. The highest BCUT2D eigenvalue weighted by atomic mass is 16.3. The molecule has 0 spiro atoms. The summed E-state index contributed by atoms with van der Waals surface area (Å²) in [6.07, 6.45) is 1.98. The third-order valence-corrected chi connectivity index (χ3v) is 1.98. The van der Waals surface area contributed by atoms with Crippen LogP contribution >= 0.6 is 0 Å². The number of aromatic nitrogens is 1. The molecule has 1 heterocycles. The first-order valence-corrected chi connectivity index (χ1v) is 4.98. The van der Waals surface area contributed by atoms with E-state index in [0.29, 0.717) is 18.5 Å². The molecule has 4 heteroatoms. The second-order valence-corrected chi connectivity index (χ2v) is 3.62. The lowest BCUT2D eigenvalue weighted by Crippen LogP contribution is -2.14. The van der Waals surface area contributed by atoms with E-state index >= 15 is 0 Å². The molecular weight excluding hydrogens is 192 g/mol. The van der Waals surface area contributed by atoms with Crippen LogP contribution in [0.2, 0.25) is 0 Å². The molecule has 82 valence electrons. The van der Waals surface area contributed by atoms with Gasteiger partial charge in [-0.1, -0.05) is 0 Å². The third-order valence-electron chi connectivity index (χ3n) is 1.98. The van der Waals surface area contributed by atoms with Crippen molar-refractivity contribution in [1.29, 1.82) is 0 Å². The molecule has 1 unspecified atom stereocenters. The monoisotopic (exact) mass is 208 g/mol. The Kier molecular flexibility index (Phi) is 4.24. The highest BCUT2D eigenvalue weighted by Crippen LogP contribution is 2.06. The molecule has 0 aliphatic carbocycles. The molecule has 0 aliphatic rings. The molecule has 1 aromatic rings. The van der Waals surface area contributed by atoms with E-state index in [1.807, 2.05) is 19.1 Å². The molecule has 1 rings (SSSR count). The van der Waals surface area contributed by atoms with Gasteiger partial charge in [-0.2, -0.15) is 0 Å². The molecule has 2 N–H and O–H groups in total. The Morgan fingerprint density at radius 3 is 2.87 bits per heavy atom. The fourth-order valence-corrected chi connectivity index (χ4v) is 1.11. The Bertz CT molecular complexity index is 320. The van der Waals surface area contributed by atoms with Gasteiger partial charge >= 0.3 is 0 Å². The Labute approximate surface area is 89.3 Å². The number of aliphatic hydroxyl groups excluding tert-OH is 1. The van der Waals surface area contributed by atoms with Crippen LogP contribution in [-0.2, 0) is 4.79 Å². The summed E-state index contributed by atoms with van der Waals surface area (Å²) in [6, 6.07) is 3.65. The van der Waals surface area contributed by atoms with Crippen LogP contribution in [0.3, 0.4) is 0 Å². The topological polar surface area (TPSA) is 62.2 Å². The standard InChI is InChI=1S/C11H16N2O2/c1-8-3-5-10(7-12-8)13-11(15)6-4-9(2)14/h3,5,7,9,14H,4,6H2,1-2H3,(H,13,15). The fourth-order valence-electron chi connectivity index (χ4n) is 1.11.